The first-order valence-electron chi connectivity index (χ1n) is 3.04. The second-order valence-corrected chi connectivity index (χ2v) is 2.88. The Morgan fingerprint density at radius 1 is 1.64 bits per heavy atom. The summed E-state index contributed by atoms with van der Waals surface area (Å²) in [5.41, 5.74) is 0. The Morgan fingerprint density at radius 3 is 3.09 bits per heavy atom. The van der Waals surface area contributed by atoms with Crippen LogP contribution in [0.3, 0.4) is 0 Å². The molecule has 0 atom stereocenters. The molecule has 0 fully saturated rings. The van der Waals surface area contributed by atoms with Gasteiger partial charge in [-0.2, -0.15) is 0 Å². The lowest BCUT2D eigenvalue weighted by Crippen LogP contribution is -1.96. The van der Waals surface area contributed by atoms with Crippen LogP contribution in [-0.2, 0) is 0 Å². The zero-order valence-corrected chi connectivity index (χ0v) is 7.98. The van der Waals surface area contributed by atoms with Gasteiger partial charge in [0.15, 0.2) is 0 Å². The fourth-order valence-electron chi connectivity index (χ4n) is 0.539. The molecule has 1 aromatic heterocycles. The van der Waals surface area contributed by atoms with Gasteiger partial charge < -0.3 is 4.74 Å². The fourth-order valence-corrected chi connectivity index (χ4v) is 0.938. The summed E-state index contributed by atoms with van der Waals surface area (Å²) < 4.78 is 5.96. The van der Waals surface area contributed by atoms with Crippen molar-refractivity contribution >= 4 is 22.6 Å². The Morgan fingerprint density at radius 2 is 2.45 bits per heavy atom. The molecule has 1 heterocycles. The highest BCUT2D eigenvalue weighted by atomic mass is 127. The van der Waals surface area contributed by atoms with Crippen molar-refractivity contribution in [2.45, 2.75) is 0 Å². The normalized spacial score (nSPS) is 9.18. The molecule has 0 unspecified atom stereocenters. The number of aromatic nitrogens is 2. The highest BCUT2D eigenvalue weighted by Gasteiger charge is 1.93. The summed E-state index contributed by atoms with van der Waals surface area (Å²) in [4.78, 5) is 7.97. The number of hydrogen-bond acceptors (Lipinski definition) is 3. The Kier molecular flexibility index (Phi) is 3.28. The molecule has 0 bridgehead atoms. The van der Waals surface area contributed by atoms with Gasteiger partial charge in [0.1, 0.15) is 10.3 Å². The maximum Gasteiger partial charge on any atom is 0.233 e. The van der Waals surface area contributed by atoms with Crippen molar-refractivity contribution in [3.05, 3.63) is 28.7 Å². The standard InChI is InChI=1S/C7H7IN2O/c1-2-3-11-7-5-9-4-6(8)10-7/h2,4-5H,1,3H2. The van der Waals surface area contributed by atoms with E-state index in [0.29, 0.717) is 12.5 Å². The number of rotatable bonds is 3. The van der Waals surface area contributed by atoms with Crippen molar-refractivity contribution in [3.63, 3.8) is 0 Å². The van der Waals surface area contributed by atoms with E-state index in [-0.39, 0.29) is 0 Å². The van der Waals surface area contributed by atoms with Crippen molar-refractivity contribution in [2.24, 2.45) is 0 Å². The predicted octanol–water partition coefficient (Wildman–Crippen LogP) is 1.65. The molecule has 0 aliphatic heterocycles. The SMILES string of the molecule is C=CCOc1cncc(I)n1. The molecule has 0 aliphatic rings. The molecule has 0 aliphatic carbocycles. The van der Waals surface area contributed by atoms with E-state index in [1.165, 1.54) is 0 Å². The summed E-state index contributed by atoms with van der Waals surface area (Å²) in [6.07, 6.45) is 4.91. The molecule has 1 rings (SSSR count). The molecule has 0 spiro atoms. The van der Waals surface area contributed by atoms with Crippen molar-refractivity contribution in [1.29, 1.82) is 0 Å². The van der Waals surface area contributed by atoms with Gasteiger partial charge in [-0.25, -0.2) is 4.98 Å². The van der Waals surface area contributed by atoms with Crippen LogP contribution in [-0.4, -0.2) is 16.6 Å². The van der Waals surface area contributed by atoms with E-state index in [2.05, 4.69) is 39.1 Å². The Bertz CT molecular complexity index is 252. The van der Waals surface area contributed by atoms with Crippen LogP contribution < -0.4 is 4.74 Å². The van der Waals surface area contributed by atoms with E-state index in [1.54, 1.807) is 18.5 Å². The number of nitrogens with zero attached hydrogens (tertiary/aromatic N) is 2. The quantitative estimate of drug-likeness (QED) is 0.613. The van der Waals surface area contributed by atoms with E-state index in [0.717, 1.165) is 3.70 Å². The van der Waals surface area contributed by atoms with Crippen LogP contribution in [0.1, 0.15) is 0 Å². The Hall–Kier alpha value is -0.650. The van der Waals surface area contributed by atoms with Crippen LogP contribution in [0.25, 0.3) is 0 Å². The monoisotopic (exact) mass is 262 g/mol. The second kappa shape index (κ2) is 4.27. The fraction of sp³-hybridized carbons (Fsp3) is 0.143. The minimum Gasteiger partial charge on any atom is -0.472 e. The van der Waals surface area contributed by atoms with Crippen LogP contribution >= 0.6 is 22.6 Å². The van der Waals surface area contributed by atoms with Gasteiger partial charge in [-0.05, 0) is 22.6 Å². The molecule has 0 aromatic carbocycles. The smallest absolute Gasteiger partial charge is 0.233 e. The van der Waals surface area contributed by atoms with Gasteiger partial charge in [-0.1, -0.05) is 12.7 Å². The van der Waals surface area contributed by atoms with Crippen molar-refractivity contribution in [3.8, 4) is 5.88 Å². The highest BCUT2D eigenvalue weighted by molar-refractivity contribution is 14.1. The van der Waals surface area contributed by atoms with Crippen molar-refractivity contribution in [2.75, 3.05) is 6.61 Å². The lowest BCUT2D eigenvalue weighted by atomic mass is 10.7. The van der Waals surface area contributed by atoms with E-state index in [4.69, 9.17) is 4.74 Å². The number of hydrogen-bond donors (Lipinski definition) is 0. The van der Waals surface area contributed by atoms with Crippen LogP contribution in [0.4, 0.5) is 0 Å². The summed E-state index contributed by atoms with van der Waals surface area (Å²) in [6, 6.07) is 0. The van der Waals surface area contributed by atoms with Gasteiger partial charge in [0.2, 0.25) is 5.88 Å². The third kappa shape index (κ3) is 2.83. The highest BCUT2D eigenvalue weighted by Crippen LogP contribution is 2.06. The van der Waals surface area contributed by atoms with Crippen molar-refractivity contribution < 1.29 is 4.74 Å². The lowest BCUT2D eigenvalue weighted by Gasteiger charge is -1.99. The van der Waals surface area contributed by atoms with E-state index < -0.39 is 0 Å². The van der Waals surface area contributed by atoms with E-state index >= 15 is 0 Å². The van der Waals surface area contributed by atoms with Crippen LogP contribution in [0.15, 0.2) is 25.0 Å². The first kappa shape index (κ1) is 8.45. The van der Waals surface area contributed by atoms with Gasteiger partial charge in [-0.15, -0.1) is 0 Å². The number of halogens is 1. The maximum atomic E-state index is 5.14. The molecule has 3 nitrogen and oxygen atoms in total. The molecule has 1 aromatic rings. The first-order valence-corrected chi connectivity index (χ1v) is 4.12. The molecule has 0 saturated carbocycles. The summed E-state index contributed by atoms with van der Waals surface area (Å²) in [5, 5.41) is 0. The van der Waals surface area contributed by atoms with Gasteiger partial charge in [0.05, 0.1) is 12.4 Å². The first-order chi connectivity index (χ1) is 5.33. The molecule has 4 heteroatoms. The minimum atomic E-state index is 0.467. The van der Waals surface area contributed by atoms with Gasteiger partial charge in [0, 0.05) is 0 Å². The van der Waals surface area contributed by atoms with Gasteiger partial charge in [-0.3, -0.25) is 4.98 Å². The van der Waals surface area contributed by atoms with Crippen LogP contribution in [0.5, 0.6) is 5.88 Å². The molecule has 58 valence electrons. The average Bonchev–Trinajstić information content (AvgIpc) is 2.01. The zero-order valence-electron chi connectivity index (χ0n) is 5.83. The molecule has 11 heavy (non-hydrogen) atoms. The third-order valence-electron chi connectivity index (χ3n) is 0.932. The summed E-state index contributed by atoms with van der Waals surface area (Å²) in [5.74, 6) is 0.539. The number of ether oxygens (including phenoxy) is 1. The molecule has 0 amide bonds. The Labute approximate surface area is 78.7 Å². The molecule has 0 saturated heterocycles. The summed E-state index contributed by atoms with van der Waals surface area (Å²) in [7, 11) is 0. The molecule has 0 N–H and O–H groups in total. The Balaban J connectivity index is 2.63. The third-order valence-corrected chi connectivity index (χ3v) is 1.45. The van der Waals surface area contributed by atoms with Crippen molar-refractivity contribution in [1.82, 2.24) is 9.97 Å². The molecular formula is C7H7IN2O. The lowest BCUT2D eigenvalue weighted by molar-refractivity contribution is 0.346. The van der Waals surface area contributed by atoms with Crippen LogP contribution in [0.2, 0.25) is 0 Å². The van der Waals surface area contributed by atoms with E-state index in [9.17, 15) is 0 Å². The van der Waals surface area contributed by atoms with Crippen LogP contribution in [0, 0.1) is 3.70 Å². The van der Waals surface area contributed by atoms with E-state index in [1.807, 2.05) is 0 Å². The van der Waals surface area contributed by atoms with Gasteiger partial charge in [0.25, 0.3) is 0 Å². The topological polar surface area (TPSA) is 35.0 Å². The second-order valence-electron chi connectivity index (χ2n) is 1.78. The van der Waals surface area contributed by atoms with Gasteiger partial charge >= 0.3 is 0 Å². The largest absolute Gasteiger partial charge is 0.472 e. The maximum absolute atomic E-state index is 5.14. The minimum absolute atomic E-state index is 0.467. The molecule has 0 radical (unpaired) electrons. The summed E-state index contributed by atoms with van der Waals surface area (Å²) >= 11 is 2.08. The molecular weight excluding hydrogens is 255 g/mol. The zero-order chi connectivity index (χ0) is 8.10. The average molecular weight is 262 g/mol. The summed E-state index contributed by atoms with van der Waals surface area (Å²) in [6.45, 7) is 3.99. The predicted molar refractivity (Wildman–Crippen MR) is 50.4 cm³/mol.